The number of carbonyl (C=O) groups is 4. The molecule has 6 atom stereocenters. The third-order valence-corrected chi connectivity index (χ3v) is 7.94. The van der Waals surface area contributed by atoms with Gasteiger partial charge in [-0.2, -0.15) is 0 Å². The van der Waals surface area contributed by atoms with E-state index in [0.29, 0.717) is 12.0 Å². The molecule has 43 heavy (non-hydrogen) atoms. The fourth-order valence-corrected chi connectivity index (χ4v) is 5.55. The average Bonchev–Trinajstić information content (AvgIpc) is 2.93. The lowest BCUT2D eigenvalue weighted by Gasteiger charge is -2.40. The van der Waals surface area contributed by atoms with Crippen LogP contribution in [-0.2, 0) is 28.6 Å². The number of aliphatic hydroxyl groups is 2. The summed E-state index contributed by atoms with van der Waals surface area (Å²) in [6, 6.07) is 0. The Labute approximate surface area is 251 Å². The van der Waals surface area contributed by atoms with Crippen LogP contribution >= 0.6 is 0 Å². The average molecular weight is 602 g/mol. The number of nitrogens with zero attached hydrogens (tertiary/aromatic N) is 1. The smallest absolute Gasteiger partial charge is 0.405 e. The number of amides is 2. The zero-order valence-electron chi connectivity index (χ0n) is 25.5. The van der Waals surface area contributed by atoms with Crippen molar-refractivity contribution in [3.8, 4) is 0 Å². The second-order valence-electron chi connectivity index (χ2n) is 11.5. The SMILES string of the molecule is CO[C@H]1/C=C\C=C(/C)C(=O)NC2=CC(=O)C(N3CC(O)C3)=C(C[C@@H](C)C[C@H](OC)[C@H](O)[C@@H](C)/C=C(\C)[C@@H]1OC(N)=O)C2=O. The summed E-state index contributed by atoms with van der Waals surface area (Å²) in [5.74, 6) is -2.18. The van der Waals surface area contributed by atoms with Crippen LogP contribution in [0.5, 0.6) is 0 Å². The van der Waals surface area contributed by atoms with Crippen LogP contribution in [0.2, 0.25) is 0 Å². The monoisotopic (exact) mass is 601 g/mol. The number of aliphatic hydroxyl groups excluding tert-OH is 2. The largest absolute Gasteiger partial charge is 0.439 e. The molecule has 0 saturated carbocycles. The summed E-state index contributed by atoms with van der Waals surface area (Å²) in [5.41, 5.74) is 6.48. The number of primary amides is 1. The van der Waals surface area contributed by atoms with Gasteiger partial charge in [0.05, 0.1) is 29.7 Å². The summed E-state index contributed by atoms with van der Waals surface area (Å²) in [7, 11) is 2.91. The number of hydrogen-bond donors (Lipinski definition) is 4. The minimum absolute atomic E-state index is 0.141. The van der Waals surface area contributed by atoms with Gasteiger partial charge in [0.1, 0.15) is 6.10 Å². The third-order valence-electron chi connectivity index (χ3n) is 7.94. The molecule has 3 aliphatic rings. The van der Waals surface area contributed by atoms with Crippen LogP contribution in [0.4, 0.5) is 4.79 Å². The van der Waals surface area contributed by atoms with E-state index in [2.05, 4.69) is 5.32 Å². The summed E-state index contributed by atoms with van der Waals surface area (Å²) in [5, 5.41) is 23.7. The molecule has 0 spiro atoms. The highest BCUT2D eigenvalue weighted by Crippen LogP contribution is 2.32. The van der Waals surface area contributed by atoms with Crippen LogP contribution in [0.25, 0.3) is 0 Å². The van der Waals surface area contributed by atoms with Crippen LogP contribution in [0.1, 0.15) is 40.5 Å². The van der Waals surface area contributed by atoms with E-state index in [0.717, 1.165) is 6.08 Å². The molecule has 0 aromatic heterocycles. The number of likely N-dealkylation sites (tertiary alicyclic amines) is 1. The minimum Gasteiger partial charge on any atom is -0.439 e. The van der Waals surface area contributed by atoms with Crippen LogP contribution in [0.3, 0.4) is 0 Å². The molecule has 2 aliphatic heterocycles. The Morgan fingerprint density at radius 3 is 2.35 bits per heavy atom. The van der Waals surface area contributed by atoms with E-state index in [9.17, 15) is 29.4 Å². The summed E-state index contributed by atoms with van der Waals surface area (Å²) >= 11 is 0. The van der Waals surface area contributed by atoms with Crippen molar-refractivity contribution < 1.29 is 43.6 Å². The van der Waals surface area contributed by atoms with Gasteiger partial charge >= 0.3 is 6.09 Å². The molecule has 12 heteroatoms. The van der Waals surface area contributed by atoms with E-state index < -0.39 is 60.0 Å². The molecule has 1 aliphatic carbocycles. The third kappa shape index (κ3) is 8.29. The molecule has 5 N–H and O–H groups in total. The molecule has 0 unspecified atom stereocenters. The zero-order valence-corrected chi connectivity index (χ0v) is 25.5. The summed E-state index contributed by atoms with van der Waals surface area (Å²) in [6.45, 7) is 7.40. The Morgan fingerprint density at radius 2 is 1.77 bits per heavy atom. The molecule has 3 rings (SSSR count). The Hall–Kier alpha value is -3.58. The van der Waals surface area contributed by atoms with Gasteiger partial charge in [-0.05, 0) is 38.2 Å². The molecular formula is C31H43N3O9. The van der Waals surface area contributed by atoms with E-state index in [1.54, 1.807) is 43.9 Å². The lowest BCUT2D eigenvalue weighted by atomic mass is 9.84. The van der Waals surface area contributed by atoms with Gasteiger partial charge in [0.15, 0.2) is 6.10 Å². The second kappa shape index (κ2) is 14.7. The maximum Gasteiger partial charge on any atom is 0.405 e. The number of fused-ring (bicyclic) bond motifs is 2. The molecule has 2 amide bonds. The van der Waals surface area contributed by atoms with Gasteiger partial charge in [0, 0.05) is 50.4 Å². The number of ether oxygens (including phenoxy) is 3. The van der Waals surface area contributed by atoms with Crippen molar-refractivity contribution in [1.29, 1.82) is 0 Å². The fraction of sp³-hybridized carbons (Fsp3) is 0.548. The summed E-state index contributed by atoms with van der Waals surface area (Å²) < 4.78 is 16.6. The van der Waals surface area contributed by atoms with Crippen molar-refractivity contribution in [2.24, 2.45) is 17.6 Å². The lowest BCUT2D eigenvalue weighted by molar-refractivity contribution is -0.121. The predicted molar refractivity (Wildman–Crippen MR) is 157 cm³/mol. The number of β-amino-alcohol motifs (C(OH)–C–C–N with tert-alkyl or cyclic N) is 1. The Morgan fingerprint density at radius 1 is 1.09 bits per heavy atom. The second-order valence-corrected chi connectivity index (χ2v) is 11.5. The van der Waals surface area contributed by atoms with Gasteiger partial charge in [-0.15, -0.1) is 0 Å². The van der Waals surface area contributed by atoms with Gasteiger partial charge in [-0.25, -0.2) is 4.79 Å². The van der Waals surface area contributed by atoms with Gasteiger partial charge in [0.25, 0.3) is 5.91 Å². The Bertz CT molecular complexity index is 1260. The fourth-order valence-electron chi connectivity index (χ4n) is 5.55. The van der Waals surface area contributed by atoms with E-state index in [4.69, 9.17) is 19.9 Å². The highest BCUT2D eigenvalue weighted by atomic mass is 16.6. The number of nitrogens with one attached hydrogen (secondary N) is 1. The number of Topliss-reactive ketones (excluding diaryl/α,β-unsaturated/α-hetero) is 1. The number of methoxy groups -OCH3 is 2. The maximum atomic E-state index is 13.7. The first-order valence-corrected chi connectivity index (χ1v) is 14.3. The highest BCUT2D eigenvalue weighted by Gasteiger charge is 2.38. The van der Waals surface area contributed by atoms with Crippen LogP contribution in [0.15, 0.2) is 58.5 Å². The molecule has 236 valence electrons. The topological polar surface area (TPSA) is 178 Å². The number of rotatable bonds is 4. The lowest BCUT2D eigenvalue weighted by Crippen LogP contribution is -2.52. The van der Waals surface area contributed by atoms with Crippen molar-refractivity contribution in [1.82, 2.24) is 10.2 Å². The highest BCUT2D eigenvalue weighted by molar-refractivity contribution is 6.23. The van der Waals surface area contributed by atoms with Gasteiger partial charge in [0.2, 0.25) is 11.6 Å². The van der Waals surface area contributed by atoms with Crippen LogP contribution < -0.4 is 11.1 Å². The number of nitrogens with two attached hydrogens (primary N) is 1. The van der Waals surface area contributed by atoms with E-state index in [-0.39, 0.29) is 48.0 Å². The normalized spacial score (nSPS) is 33.4. The molecule has 12 nitrogen and oxygen atoms in total. The molecule has 1 fully saturated rings. The quantitative estimate of drug-likeness (QED) is 0.272. The number of ketones is 2. The Kier molecular flexibility index (Phi) is 11.6. The molecule has 2 heterocycles. The molecule has 2 bridgehead atoms. The van der Waals surface area contributed by atoms with E-state index >= 15 is 0 Å². The Balaban J connectivity index is 2.07. The molecule has 0 aromatic carbocycles. The molecular weight excluding hydrogens is 558 g/mol. The van der Waals surface area contributed by atoms with Crippen molar-refractivity contribution in [3.05, 3.63) is 58.5 Å². The van der Waals surface area contributed by atoms with Crippen molar-refractivity contribution in [2.75, 3.05) is 27.3 Å². The maximum absolute atomic E-state index is 13.7. The zero-order chi connectivity index (χ0) is 32.0. The van der Waals surface area contributed by atoms with Gasteiger partial charge in [-0.1, -0.05) is 38.2 Å². The first kappa shape index (κ1) is 33.9. The molecule has 1 saturated heterocycles. The first-order chi connectivity index (χ1) is 20.3. The van der Waals surface area contributed by atoms with Crippen molar-refractivity contribution in [3.63, 3.8) is 0 Å². The van der Waals surface area contributed by atoms with Crippen molar-refractivity contribution in [2.45, 2.75) is 71.1 Å². The standard InChI is InChI=1S/C31H43N3O9/c1-16-10-21-26(34-14-20(35)15-34)23(36)13-22(28(21)38)33-30(39)17(2)8-7-9-24(41-5)29(43-31(32)40)19(4)12-18(3)27(37)25(11-16)42-6/h7-9,12-13,16,18,20,24-25,27,29,35,37H,10-11,14-15H2,1-6H3,(H2,32,40)(H,33,39)/b9-7-,17-8+,19-12+/t16-,18+,24+,25+,27-,29+/m1/s1. The minimum atomic E-state index is -1.01. The molecule has 0 radical (unpaired) electrons. The van der Waals surface area contributed by atoms with E-state index in [1.807, 2.05) is 6.92 Å². The molecule has 0 aromatic rings. The van der Waals surface area contributed by atoms with Crippen LogP contribution in [-0.4, -0.2) is 96.5 Å². The first-order valence-electron chi connectivity index (χ1n) is 14.3. The summed E-state index contributed by atoms with van der Waals surface area (Å²) in [6.07, 6.45) is 3.09. The van der Waals surface area contributed by atoms with Crippen LogP contribution in [0, 0.1) is 11.8 Å². The summed E-state index contributed by atoms with van der Waals surface area (Å²) in [4.78, 5) is 53.4. The van der Waals surface area contributed by atoms with Gasteiger partial charge < -0.3 is 40.4 Å². The van der Waals surface area contributed by atoms with Gasteiger partial charge in [-0.3, -0.25) is 14.4 Å². The number of allylic oxidation sites excluding steroid dienone is 4. The predicted octanol–water partition coefficient (Wildman–Crippen LogP) is 1.44. The number of carbonyl (C=O) groups excluding carboxylic acids is 4. The van der Waals surface area contributed by atoms with E-state index in [1.165, 1.54) is 20.3 Å². The number of hydrogen-bond acceptors (Lipinski definition) is 10. The van der Waals surface area contributed by atoms with Crippen molar-refractivity contribution >= 4 is 23.6 Å².